The van der Waals surface area contributed by atoms with Gasteiger partial charge in [-0.2, -0.15) is 0 Å². The number of pyridine rings is 1. The minimum atomic E-state index is -0.338. The molecule has 0 atom stereocenters. The number of halogens is 3. The van der Waals surface area contributed by atoms with Crippen LogP contribution < -0.4 is 0 Å². The fourth-order valence-corrected chi connectivity index (χ4v) is 1.47. The van der Waals surface area contributed by atoms with Crippen LogP contribution in [0.5, 0.6) is 0 Å². The van der Waals surface area contributed by atoms with Gasteiger partial charge in [0.25, 0.3) is 0 Å². The van der Waals surface area contributed by atoms with Gasteiger partial charge in [0, 0.05) is 0 Å². The number of nitrogens with zero attached hydrogens (tertiary/aromatic N) is 1. The van der Waals surface area contributed by atoms with Crippen LogP contribution in [0.3, 0.4) is 0 Å². The molecular weight excluding hydrogens is 281 g/mol. The first-order valence-corrected chi connectivity index (χ1v) is 4.37. The summed E-state index contributed by atoms with van der Waals surface area (Å²) in [5.74, 6) is -0.338. The molecule has 0 N–H and O–H groups in total. The number of fused-ring (bicyclic) bond motifs is 1. The van der Waals surface area contributed by atoms with Crippen LogP contribution >= 0.6 is 39.9 Å². The zero-order valence-corrected chi connectivity index (χ0v) is 9.37. The summed E-state index contributed by atoms with van der Waals surface area (Å²) in [6.07, 6.45) is 0. The Bertz CT molecular complexity index is 370. The van der Waals surface area contributed by atoms with Crippen molar-refractivity contribution in [3.05, 3.63) is 26.9 Å². The molecular formula is C7H4BrCl2NO2. The summed E-state index contributed by atoms with van der Waals surface area (Å²) in [5, 5.41) is 0.354. The lowest BCUT2D eigenvalue weighted by atomic mass is 10.2. The Hall–Kier alpha value is -0.320. The summed E-state index contributed by atoms with van der Waals surface area (Å²) in [4.78, 5) is 15.0. The van der Waals surface area contributed by atoms with Crippen LogP contribution in [0.1, 0.15) is 16.1 Å². The number of hydrogen-bond acceptors (Lipinski definition) is 3. The Balaban J connectivity index is 0.000000845. The number of carbonyl (C=O) groups excluding carboxylic acids is 1. The first-order chi connectivity index (χ1) is 5.68. The summed E-state index contributed by atoms with van der Waals surface area (Å²) in [6.45, 7) is 0.223. The average Bonchev–Trinajstić information content (AvgIpc) is 2.35. The van der Waals surface area contributed by atoms with Gasteiger partial charge < -0.3 is 4.74 Å². The van der Waals surface area contributed by atoms with E-state index in [-0.39, 0.29) is 25.0 Å². The van der Waals surface area contributed by atoms with E-state index in [0.717, 1.165) is 0 Å². The van der Waals surface area contributed by atoms with E-state index in [2.05, 4.69) is 20.9 Å². The van der Waals surface area contributed by atoms with E-state index >= 15 is 0 Å². The predicted molar refractivity (Wildman–Crippen MR) is 53.3 cm³/mol. The van der Waals surface area contributed by atoms with E-state index in [9.17, 15) is 4.79 Å². The fourth-order valence-electron chi connectivity index (χ4n) is 1.00. The molecule has 6 heteroatoms. The molecule has 0 radical (unpaired) electrons. The van der Waals surface area contributed by atoms with Crippen LogP contribution in [0, 0.1) is 0 Å². The van der Waals surface area contributed by atoms with Crippen molar-refractivity contribution in [3.8, 4) is 0 Å². The zero-order valence-electron chi connectivity index (χ0n) is 6.21. The van der Waals surface area contributed by atoms with E-state index in [1.165, 1.54) is 0 Å². The highest BCUT2D eigenvalue weighted by molar-refractivity contribution is 9.10. The van der Waals surface area contributed by atoms with Gasteiger partial charge in [-0.3, -0.25) is 0 Å². The molecule has 1 aliphatic heterocycles. The molecule has 13 heavy (non-hydrogen) atoms. The molecule has 0 fully saturated rings. The van der Waals surface area contributed by atoms with Crippen LogP contribution in [0.2, 0.25) is 5.15 Å². The monoisotopic (exact) mass is 283 g/mol. The lowest BCUT2D eigenvalue weighted by Crippen LogP contribution is -1.94. The molecule has 70 valence electrons. The van der Waals surface area contributed by atoms with Crippen LogP contribution in [0.4, 0.5) is 0 Å². The topological polar surface area (TPSA) is 39.2 Å². The molecule has 1 aliphatic rings. The van der Waals surface area contributed by atoms with Gasteiger partial charge in [-0.25, -0.2) is 9.78 Å². The second kappa shape index (κ2) is 3.82. The van der Waals surface area contributed by atoms with Gasteiger partial charge in [0.2, 0.25) is 0 Å². The Labute approximate surface area is 94.0 Å². The zero-order chi connectivity index (χ0) is 8.72. The van der Waals surface area contributed by atoms with Crippen molar-refractivity contribution >= 4 is 45.9 Å². The molecule has 2 heterocycles. The van der Waals surface area contributed by atoms with Crippen LogP contribution in [0.15, 0.2) is 10.5 Å². The van der Waals surface area contributed by atoms with Crippen LogP contribution in [-0.4, -0.2) is 11.0 Å². The van der Waals surface area contributed by atoms with Crippen molar-refractivity contribution in [3.63, 3.8) is 0 Å². The molecule has 2 rings (SSSR count). The molecule has 0 spiro atoms. The molecule has 3 nitrogen and oxygen atoms in total. The Morgan fingerprint density at radius 2 is 2.31 bits per heavy atom. The number of aromatic nitrogens is 1. The summed E-state index contributed by atoms with van der Waals surface area (Å²) < 4.78 is 5.37. The molecule has 0 saturated heterocycles. The van der Waals surface area contributed by atoms with E-state index < -0.39 is 0 Å². The van der Waals surface area contributed by atoms with Crippen molar-refractivity contribution in [2.24, 2.45) is 0 Å². The normalized spacial score (nSPS) is 13.2. The number of cyclic esters (lactones) is 1. The highest BCUT2D eigenvalue weighted by atomic mass is 79.9. The highest BCUT2D eigenvalue weighted by Crippen LogP contribution is 2.27. The second-order valence-corrected chi connectivity index (χ2v) is 3.54. The fraction of sp³-hybridized carbons (Fsp3) is 0.143. The highest BCUT2D eigenvalue weighted by Gasteiger charge is 2.23. The molecule has 1 aromatic rings. The predicted octanol–water partition coefficient (Wildman–Crippen LogP) is 2.59. The first kappa shape index (κ1) is 10.8. The van der Waals surface area contributed by atoms with Gasteiger partial charge in [-0.05, 0) is 22.0 Å². The van der Waals surface area contributed by atoms with Crippen LogP contribution in [-0.2, 0) is 11.3 Å². The maximum Gasteiger partial charge on any atom is 0.340 e. The third kappa shape index (κ3) is 1.80. The molecule has 0 bridgehead atoms. The third-order valence-electron chi connectivity index (χ3n) is 1.57. The van der Waals surface area contributed by atoms with Gasteiger partial charge >= 0.3 is 5.97 Å². The Kier molecular flexibility index (Phi) is 3.16. The van der Waals surface area contributed by atoms with Crippen LogP contribution in [0.25, 0.3) is 0 Å². The van der Waals surface area contributed by atoms with Gasteiger partial charge in [-0.15, -0.1) is 12.4 Å². The number of carbonyl (C=O) groups is 1. The smallest absolute Gasteiger partial charge is 0.340 e. The van der Waals surface area contributed by atoms with Gasteiger partial charge in [0.15, 0.2) is 0 Å². The molecule has 0 aliphatic carbocycles. The summed E-state index contributed by atoms with van der Waals surface area (Å²) in [5.41, 5.74) is 1.10. The summed E-state index contributed by atoms with van der Waals surface area (Å²) >= 11 is 8.89. The van der Waals surface area contributed by atoms with Crippen molar-refractivity contribution in [1.29, 1.82) is 0 Å². The van der Waals surface area contributed by atoms with Crippen molar-refractivity contribution in [2.75, 3.05) is 0 Å². The van der Waals surface area contributed by atoms with Gasteiger partial charge in [0.05, 0.1) is 15.7 Å². The lowest BCUT2D eigenvalue weighted by molar-refractivity contribution is 0.0533. The van der Waals surface area contributed by atoms with Crippen molar-refractivity contribution in [2.45, 2.75) is 6.61 Å². The number of rotatable bonds is 0. The number of ether oxygens (including phenoxy) is 1. The minimum absolute atomic E-state index is 0. The number of hydrogen-bond donors (Lipinski definition) is 0. The van der Waals surface area contributed by atoms with E-state index in [1.807, 2.05) is 0 Å². The maximum absolute atomic E-state index is 11.0. The van der Waals surface area contributed by atoms with E-state index in [0.29, 0.717) is 20.9 Å². The number of esters is 1. The third-order valence-corrected chi connectivity index (χ3v) is 2.69. The molecule has 0 aromatic carbocycles. The first-order valence-electron chi connectivity index (χ1n) is 3.20. The molecule has 0 saturated carbocycles. The van der Waals surface area contributed by atoms with Gasteiger partial charge in [-0.1, -0.05) is 11.6 Å². The standard InChI is InChI=1S/C7H3BrClNO2.ClH/c8-4-1-3-5(10-6(4)9)2-12-7(3)11;/h1H,2H2;1H. The second-order valence-electron chi connectivity index (χ2n) is 2.33. The summed E-state index contributed by atoms with van der Waals surface area (Å²) in [6, 6.07) is 1.62. The quantitative estimate of drug-likeness (QED) is 0.543. The van der Waals surface area contributed by atoms with Crippen molar-refractivity contribution < 1.29 is 9.53 Å². The lowest BCUT2D eigenvalue weighted by Gasteiger charge is -1.96. The van der Waals surface area contributed by atoms with E-state index in [1.54, 1.807) is 6.07 Å². The maximum atomic E-state index is 11.0. The Morgan fingerprint density at radius 1 is 1.62 bits per heavy atom. The van der Waals surface area contributed by atoms with Crippen molar-refractivity contribution in [1.82, 2.24) is 4.98 Å². The van der Waals surface area contributed by atoms with Gasteiger partial charge in [0.1, 0.15) is 11.8 Å². The minimum Gasteiger partial charge on any atom is -0.455 e. The van der Waals surface area contributed by atoms with E-state index in [4.69, 9.17) is 16.3 Å². The Morgan fingerprint density at radius 3 is 3.00 bits per heavy atom. The molecule has 1 aromatic heterocycles. The summed E-state index contributed by atoms with van der Waals surface area (Å²) in [7, 11) is 0. The molecule has 0 amide bonds. The molecule has 0 unspecified atom stereocenters. The average molecular weight is 285 g/mol. The largest absolute Gasteiger partial charge is 0.455 e. The SMILES string of the molecule is Cl.O=C1OCc2nc(Cl)c(Br)cc21.